The van der Waals surface area contributed by atoms with Crippen LogP contribution in [0.3, 0.4) is 0 Å². The Morgan fingerprint density at radius 3 is 2.30 bits per heavy atom. The van der Waals surface area contributed by atoms with Crippen molar-refractivity contribution in [2.24, 2.45) is 7.05 Å². The zero-order valence-corrected chi connectivity index (χ0v) is 19.0. The molecule has 0 N–H and O–H groups in total. The maximum absolute atomic E-state index is 12.9. The lowest BCUT2D eigenvalue weighted by molar-refractivity contribution is 0.0687. The van der Waals surface area contributed by atoms with E-state index >= 15 is 0 Å². The number of carbonyl (C=O) groups excluding carboxylic acids is 1. The Balaban J connectivity index is 1.71. The van der Waals surface area contributed by atoms with Crippen molar-refractivity contribution in [3.05, 3.63) is 33.4 Å². The summed E-state index contributed by atoms with van der Waals surface area (Å²) in [5.41, 5.74) is 1.24. The van der Waals surface area contributed by atoms with Crippen LogP contribution in [-0.4, -0.2) is 59.5 Å². The third kappa shape index (κ3) is 4.13. The molecule has 0 radical (unpaired) electrons. The van der Waals surface area contributed by atoms with Crippen LogP contribution in [0.4, 0.5) is 0 Å². The Morgan fingerprint density at radius 2 is 1.81 bits per heavy atom. The molecular formula is C17H23BrN4O3S2. The minimum atomic E-state index is -3.51. The highest BCUT2D eigenvalue weighted by Gasteiger charge is 2.32. The Morgan fingerprint density at radius 1 is 1.19 bits per heavy atom. The number of rotatable bonds is 3. The highest BCUT2D eigenvalue weighted by atomic mass is 79.9. The van der Waals surface area contributed by atoms with E-state index in [4.69, 9.17) is 0 Å². The van der Waals surface area contributed by atoms with Crippen molar-refractivity contribution < 1.29 is 13.2 Å². The fourth-order valence-corrected chi connectivity index (χ4v) is 6.48. The van der Waals surface area contributed by atoms with Gasteiger partial charge in [0, 0.05) is 38.6 Å². The normalized spacial score (nSPS) is 16.7. The van der Waals surface area contributed by atoms with Gasteiger partial charge in [-0.25, -0.2) is 8.42 Å². The highest BCUT2D eigenvalue weighted by molar-refractivity contribution is 9.11. The van der Waals surface area contributed by atoms with E-state index in [-0.39, 0.29) is 24.4 Å². The molecule has 27 heavy (non-hydrogen) atoms. The van der Waals surface area contributed by atoms with Crippen LogP contribution in [0.2, 0.25) is 0 Å². The van der Waals surface area contributed by atoms with Gasteiger partial charge in [-0.15, -0.1) is 11.3 Å². The molecular weight excluding hydrogens is 452 g/mol. The molecule has 0 atom stereocenters. The predicted octanol–water partition coefficient (Wildman–Crippen LogP) is 2.69. The van der Waals surface area contributed by atoms with Crippen LogP contribution in [-0.2, 0) is 22.5 Å². The third-order valence-corrected chi connectivity index (χ3v) is 8.53. The molecule has 1 aliphatic rings. The number of aryl methyl sites for hydroxylation is 1. The molecule has 0 spiro atoms. The molecule has 7 nitrogen and oxygen atoms in total. The van der Waals surface area contributed by atoms with Crippen molar-refractivity contribution >= 4 is 43.2 Å². The van der Waals surface area contributed by atoms with E-state index in [1.165, 1.54) is 15.6 Å². The fourth-order valence-electron chi connectivity index (χ4n) is 2.89. The van der Waals surface area contributed by atoms with Crippen LogP contribution in [0.15, 0.2) is 26.2 Å². The van der Waals surface area contributed by atoms with Crippen molar-refractivity contribution in [3.8, 4) is 0 Å². The molecule has 1 saturated heterocycles. The summed E-state index contributed by atoms with van der Waals surface area (Å²) in [5.74, 6) is -0.114. The quantitative estimate of drug-likeness (QED) is 0.684. The summed E-state index contributed by atoms with van der Waals surface area (Å²) in [5, 5.41) is 4.45. The molecule has 0 aliphatic carbocycles. The molecule has 0 saturated carbocycles. The second-order valence-corrected chi connectivity index (χ2v) is 12.2. The van der Waals surface area contributed by atoms with Gasteiger partial charge >= 0.3 is 0 Å². The molecule has 0 bridgehead atoms. The number of aromatic nitrogens is 2. The van der Waals surface area contributed by atoms with Crippen LogP contribution in [0, 0.1) is 0 Å². The monoisotopic (exact) mass is 474 g/mol. The maximum atomic E-state index is 12.9. The van der Waals surface area contributed by atoms with Gasteiger partial charge in [0.25, 0.3) is 15.9 Å². The molecule has 1 aliphatic heterocycles. The van der Waals surface area contributed by atoms with Crippen molar-refractivity contribution in [3.63, 3.8) is 0 Å². The van der Waals surface area contributed by atoms with Gasteiger partial charge in [-0.2, -0.15) is 9.40 Å². The van der Waals surface area contributed by atoms with Gasteiger partial charge in [0.05, 0.1) is 9.48 Å². The average Bonchev–Trinajstić information content (AvgIpc) is 3.20. The van der Waals surface area contributed by atoms with Gasteiger partial charge in [0.15, 0.2) is 0 Å². The fraction of sp³-hybridized carbons (Fsp3) is 0.529. The summed E-state index contributed by atoms with van der Waals surface area (Å²) in [6.07, 6.45) is 0. The average molecular weight is 475 g/mol. The van der Waals surface area contributed by atoms with Gasteiger partial charge in [-0.05, 0) is 34.1 Å². The number of hydrogen-bond donors (Lipinski definition) is 0. The molecule has 1 amide bonds. The third-order valence-electron chi connectivity index (χ3n) is 4.54. The van der Waals surface area contributed by atoms with Gasteiger partial charge in [0.2, 0.25) is 0 Å². The molecule has 0 aromatic carbocycles. The van der Waals surface area contributed by atoms with E-state index in [0.717, 1.165) is 9.48 Å². The second-order valence-electron chi connectivity index (χ2n) is 7.54. The zero-order valence-electron chi connectivity index (χ0n) is 15.8. The molecule has 3 heterocycles. The number of sulfonamides is 1. The van der Waals surface area contributed by atoms with Crippen molar-refractivity contribution in [1.82, 2.24) is 19.0 Å². The molecule has 2 aromatic rings. The molecule has 1 fully saturated rings. The van der Waals surface area contributed by atoms with E-state index in [9.17, 15) is 13.2 Å². The first-order chi connectivity index (χ1) is 12.5. The Labute approximate surface area is 172 Å². The zero-order chi connectivity index (χ0) is 20.0. The second kappa shape index (κ2) is 7.31. The Kier molecular flexibility index (Phi) is 5.55. The van der Waals surface area contributed by atoms with Crippen LogP contribution in [0.1, 0.15) is 37.0 Å². The SMILES string of the molecule is Cn1nc(C(C)(C)C)cc1C(=O)N1CCN(S(=O)(=O)c2ccc(Br)s2)CC1. The number of carbonyl (C=O) groups is 1. The van der Waals surface area contributed by atoms with Crippen LogP contribution in [0.5, 0.6) is 0 Å². The number of nitrogens with zero attached hydrogens (tertiary/aromatic N) is 4. The number of thiophene rings is 1. The number of piperazine rings is 1. The first-order valence-electron chi connectivity index (χ1n) is 8.59. The van der Waals surface area contributed by atoms with E-state index in [0.29, 0.717) is 23.0 Å². The summed E-state index contributed by atoms with van der Waals surface area (Å²) in [7, 11) is -1.75. The van der Waals surface area contributed by atoms with E-state index in [2.05, 4.69) is 41.8 Å². The van der Waals surface area contributed by atoms with Gasteiger partial charge in [0.1, 0.15) is 9.90 Å². The summed E-state index contributed by atoms with van der Waals surface area (Å²) in [4.78, 5) is 14.6. The van der Waals surface area contributed by atoms with E-state index < -0.39 is 10.0 Å². The van der Waals surface area contributed by atoms with Gasteiger partial charge in [-0.3, -0.25) is 9.48 Å². The lowest BCUT2D eigenvalue weighted by atomic mass is 9.92. The van der Waals surface area contributed by atoms with Crippen molar-refractivity contribution in [2.45, 2.75) is 30.4 Å². The molecule has 10 heteroatoms. The Hall–Kier alpha value is -1.23. The van der Waals surface area contributed by atoms with E-state index in [1.807, 2.05) is 6.07 Å². The predicted molar refractivity (Wildman–Crippen MR) is 109 cm³/mol. The summed E-state index contributed by atoms with van der Waals surface area (Å²) >= 11 is 4.49. The minimum absolute atomic E-state index is 0.114. The molecule has 148 valence electrons. The molecule has 2 aromatic heterocycles. The van der Waals surface area contributed by atoms with Crippen LogP contribution < -0.4 is 0 Å². The van der Waals surface area contributed by atoms with Gasteiger partial charge < -0.3 is 4.90 Å². The summed E-state index contributed by atoms with van der Waals surface area (Å²) in [6, 6.07) is 5.16. The smallest absolute Gasteiger partial charge is 0.272 e. The minimum Gasteiger partial charge on any atom is -0.335 e. The first-order valence-corrected chi connectivity index (χ1v) is 11.6. The number of halogens is 1. The van der Waals surface area contributed by atoms with Gasteiger partial charge in [-0.1, -0.05) is 20.8 Å². The van der Waals surface area contributed by atoms with Crippen molar-refractivity contribution in [1.29, 1.82) is 0 Å². The maximum Gasteiger partial charge on any atom is 0.272 e. The topological polar surface area (TPSA) is 75.5 Å². The summed E-state index contributed by atoms with van der Waals surface area (Å²) < 4.78 is 29.6. The van der Waals surface area contributed by atoms with Crippen LogP contribution in [0.25, 0.3) is 0 Å². The lowest BCUT2D eigenvalue weighted by Crippen LogP contribution is -2.50. The number of amides is 1. The van der Waals surface area contributed by atoms with Crippen molar-refractivity contribution in [2.75, 3.05) is 26.2 Å². The molecule has 0 unspecified atom stereocenters. The highest BCUT2D eigenvalue weighted by Crippen LogP contribution is 2.29. The van der Waals surface area contributed by atoms with E-state index in [1.54, 1.807) is 28.8 Å². The standard InChI is InChI=1S/C17H23BrN4O3S2/c1-17(2,3)13-11-12(20(4)19-13)16(23)21-7-9-22(10-8-21)27(24,25)15-6-5-14(18)26-15/h5-6,11H,7-10H2,1-4H3. The first kappa shape index (κ1) is 20.5. The summed E-state index contributed by atoms with van der Waals surface area (Å²) in [6.45, 7) is 7.45. The lowest BCUT2D eigenvalue weighted by Gasteiger charge is -2.33. The Bertz CT molecular complexity index is 951. The largest absolute Gasteiger partial charge is 0.335 e. The molecule has 3 rings (SSSR count). The van der Waals surface area contributed by atoms with Crippen LogP contribution >= 0.6 is 27.3 Å². The number of hydrogen-bond acceptors (Lipinski definition) is 5.